The first kappa shape index (κ1) is 18.6. The standard InChI is InChI=1S/C17H31NO5/c1-15(2,6-7-20-5)14(19)18-11-16(3,4)13-10-21-12-17(13)22-8-9-23-17/h13H,6-12H2,1-5H3,(H,18,19). The molecule has 1 N–H and O–H groups in total. The molecule has 0 radical (unpaired) electrons. The zero-order valence-electron chi connectivity index (χ0n) is 15.1. The van der Waals surface area contributed by atoms with Crippen molar-refractivity contribution in [3.8, 4) is 0 Å². The first-order valence-electron chi connectivity index (χ1n) is 8.36. The number of ether oxygens (including phenoxy) is 4. The molecule has 134 valence electrons. The van der Waals surface area contributed by atoms with Crippen molar-refractivity contribution in [2.75, 3.05) is 46.7 Å². The van der Waals surface area contributed by atoms with Crippen LogP contribution in [0.3, 0.4) is 0 Å². The van der Waals surface area contributed by atoms with E-state index in [1.807, 2.05) is 13.8 Å². The molecule has 0 saturated carbocycles. The predicted octanol–water partition coefficient (Wildman–Crippen LogP) is 1.58. The van der Waals surface area contributed by atoms with Crippen LogP contribution in [0, 0.1) is 16.7 Å². The smallest absolute Gasteiger partial charge is 0.225 e. The minimum Gasteiger partial charge on any atom is -0.385 e. The molecule has 0 aliphatic carbocycles. The Morgan fingerprint density at radius 3 is 2.52 bits per heavy atom. The van der Waals surface area contributed by atoms with Crippen LogP contribution in [0.15, 0.2) is 0 Å². The molecule has 0 aromatic rings. The molecule has 2 fully saturated rings. The number of methoxy groups -OCH3 is 1. The largest absolute Gasteiger partial charge is 0.385 e. The highest BCUT2D eigenvalue weighted by atomic mass is 16.8. The molecule has 2 rings (SSSR count). The van der Waals surface area contributed by atoms with E-state index >= 15 is 0 Å². The lowest BCUT2D eigenvalue weighted by Crippen LogP contribution is -2.51. The van der Waals surface area contributed by atoms with E-state index < -0.39 is 11.2 Å². The molecule has 6 heteroatoms. The quantitative estimate of drug-likeness (QED) is 0.768. The fraction of sp³-hybridized carbons (Fsp3) is 0.941. The lowest BCUT2D eigenvalue weighted by atomic mass is 9.75. The normalized spacial score (nSPS) is 24.3. The molecule has 2 aliphatic heterocycles. The molecular weight excluding hydrogens is 298 g/mol. The van der Waals surface area contributed by atoms with Crippen molar-refractivity contribution in [2.45, 2.75) is 39.9 Å². The van der Waals surface area contributed by atoms with Gasteiger partial charge < -0.3 is 24.3 Å². The molecule has 2 heterocycles. The molecule has 23 heavy (non-hydrogen) atoms. The zero-order valence-corrected chi connectivity index (χ0v) is 15.1. The Labute approximate surface area is 139 Å². The van der Waals surface area contributed by atoms with E-state index in [1.54, 1.807) is 7.11 Å². The van der Waals surface area contributed by atoms with Gasteiger partial charge in [0, 0.05) is 31.6 Å². The SMILES string of the molecule is COCCC(C)(C)C(=O)NCC(C)(C)C1COCC12OCCO2. The van der Waals surface area contributed by atoms with E-state index in [0.717, 1.165) is 0 Å². The third kappa shape index (κ3) is 4.05. The second-order valence-electron chi connectivity index (χ2n) is 7.87. The Balaban J connectivity index is 1.94. The molecule has 1 spiro atoms. The molecule has 0 aromatic heterocycles. The van der Waals surface area contributed by atoms with Gasteiger partial charge in [-0.3, -0.25) is 4.79 Å². The first-order valence-corrected chi connectivity index (χ1v) is 8.36. The maximum Gasteiger partial charge on any atom is 0.225 e. The summed E-state index contributed by atoms with van der Waals surface area (Å²) in [6.07, 6.45) is 0.693. The highest BCUT2D eigenvalue weighted by Crippen LogP contribution is 2.44. The van der Waals surface area contributed by atoms with Gasteiger partial charge in [0.1, 0.15) is 6.61 Å². The Morgan fingerprint density at radius 2 is 1.91 bits per heavy atom. The first-order chi connectivity index (χ1) is 10.7. The van der Waals surface area contributed by atoms with Gasteiger partial charge in [0.2, 0.25) is 5.91 Å². The van der Waals surface area contributed by atoms with E-state index in [-0.39, 0.29) is 17.2 Å². The zero-order chi connectivity index (χ0) is 17.1. The third-order valence-corrected chi connectivity index (χ3v) is 5.09. The van der Waals surface area contributed by atoms with Crippen LogP contribution in [0.2, 0.25) is 0 Å². The Kier molecular flexibility index (Phi) is 5.72. The molecule has 2 aliphatic rings. The van der Waals surface area contributed by atoms with Gasteiger partial charge in [-0.1, -0.05) is 27.7 Å². The van der Waals surface area contributed by atoms with Crippen molar-refractivity contribution < 1.29 is 23.7 Å². The van der Waals surface area contributed by atoms with E-state index in [4.69, 9.17) is 18.9 Å². The van der Waals surface area contributed by atoms with E-state index in [9.17, 15) is 4.79 Å². The van der Waals surface area contributed by atoms with E-state index in [0.29, 0.717) is 46.0 Å². The number of hydrogen-bond acceptors (Lipinski definition) is 5. The highest BCUT2D eigenvalue weighted by molar-refractivity contribution is 5.81. The predicted molar refractivity (Wildman–Crippen MR) is 86.0 cm³/mol. The number of nitrogens with one attached hydrogen (secondary N) is 1. The summed E-state index contributed by atoms with van der Waals surface area (Å²) in [6.45, 7) is 11.5. The Morgan fingerprint density at radius 1 is 1.26 bits per heavy atom. The number of carbonyl (C=O) groups is 1. The number of rotatable bonds is 7. The van der Waals surface area contributed by atoms with Crippen LogP contribution in [-0.4, -0.2) is 58.4 Å². The van der Waals surface area contributed by atoms with Crippen LogP contribution in [0.5, 0.6) is 0 Å². The van der Waals surface area contributed by atoms with Crippen molar-refractivity contribution >= 4 is 5.91 Å². The summed E-state index contributed by atoms with van der Waals surface area (Å²) in [5.41, 5.74) is -0.635. The minimum absolute atomic E-state index is 0.0452. The van der Waals surface area contributed by atoms with Gasteiger partial charge in [-0.2, -0.15) is 0 Å². The van der Waals surface area contributed by atoms with E-state index in [1.165, 1.54) is 0 Å². The van der Waals surface area contributed by atoms with Gasteiger partial charge in [0.05, 0.1) is 19.8 Å². The molecule has 0 aromatic carbocycles. The van der Waals surface area contributed by atoms with Crippen LogP contribution in [-0.2, 0) is 23.7 Å². The van der Waals surface area contributed by atoms with Crippen molar-refractivity contribution in [1.29, 1.82) is 0 Å². The third-order valence-electron chi connectivity index (χ3n) is 5.09. The summed E-state index contributed by atoms with van der Waals surface area (Å²) in [5, 5.41) is 3.09. The maximum atomic E-state index is 12.5. The second kappa shape index (κ2) is 7.05. The minimum atomic E-state index is -0.639. The van der Waals surface area contributed by atoms with Gasteiger partial charge in [-0.15, -0.1) is 0 Å². The summed E-state index contributed by atoms with van der Waals surface area (Å²) in [4.78, 5) is 12.5. The van der Waals surface area contributed by atoms with Gasteiger partial charge in [-0.05, 0) is 11.8 Å². The van der Waals surface area contributed by atoms with Crippen LogP contribution >= 0.6 is 0 Å². The van der Waals surface area contributed by atoms with Gasteiger partial charge >= 0.3 is 0 Å². The Bertz CT molecular complexity index is 410. The second-order valence-corrected chi connectivity index (χ2v) is 7.87. The summed E-state index contributed by atoms with van der Waals surface area (Å²) < 4.78 is 22.4. The Hall–Kier alpha value is -0.690. The molecule has 6 nitrogen and oxygen atoms in total. The van der Waals surface area contributed by atoms with Crippen molar-refractivity contribution in [3.05, 3.63) is 0 Å². The average molecular weight is 329 g/mol. The summed E-state index contributed by atoms with van der Waals surface area (Å²) in [7, 11) is 1.65. The molecule has 1 atom stereocenters. The van der Waals surface area contributed by atoms with Crippen molar-refractivity contribution in [3.63, 3.8) is 0 Å². The lowest BCUT2D eigenvalue weighted by Gasteiger charge is -2.39. The van der Waals surface area contributed by atoms with Crippen molar-refractivity contribution in [2.24, 2.45) is 16.7 Å². The molecule has 2 saturated heterocycles. The fourth-order valence-electron chi connectivity index (χ4n) is 3.26. The van der Waals surface area contributed by atoms with Gasteiger partial charge in [-0.25, -0.2) is 0 Å². The molecule has 1 amide bonds. The van der Waals surface area contributed by atoms with Crippen LogP contribution < -0.4 is 5.32 Å². The lowest BCUT2D eigenvalue weighted by molar-refractivity contribution is -0.197. The van der Waals surface area contributed by atoms with Crippen LogP contribution in [0.1, 0.15) is 34.1 Å². The summed E-state index contributed by atoms with van der Waals surface area (Å²) >= 11 is 0. The highest BCUT2D eigenvalue weighted by Gasteiger charge is 2.55. The molecule has 1 unspecified atom stereocenters. The van der Waals surface area contributed by atoms with Crippen LogP contribution in [0.25, 0.3) is 0 Å². The number of amides is 1. The van der Waals surface area contributed by atoms with E-state index in [2.05, 4.69) is 19.2 Å². The number of hydrogen-bond donors (Lipinski definition) is 1. The topological polar surface area (TPSA) is 66.0 Å². The molecule has 0 bridgehead atoms. The fourth-order valence-corrected chi connectivity index (χ4v) is 3.26. The summed E-state index contributed by atoms with van der Waals surface area (Å²) in [6, 6.07) is 0. The average Bonchev–Trinajstić information content (AvgIpc) is 3.13. The summed E-state index contributed by atoms with van der Waals surface area (Å²) in [5.74, 6) is -0.497. The van der Waals surface area contributed by atoms with Crippen molar-refractivity contribution in [1.82, 2.24) is 5.32 Å². The monoisotopic (exact) mass is 329 g/mol. The van der Waals surface area contributed by atoms with Crippen LogP contribution in [0.4, 0.5) is 0 Å². The molecular formula is C17H31NO5. The van der Waals surface area contributed by atoms with Gasteiger partial charge in [0.25, 0.3) is 0 Å². The maximum absolute atomic E-state index is 12.5. The number of carbonyl (C=O) groups excluding carboxylic acids is 1. The van der Waals surface area contributed by atoms with Gasteiger partial charge in [0.15, 0.2) is 5.79 Å².